The van der Waals surface area contributed by atoms with Crippen molar-refractivity contribution in [3.63, 3.8) is 0 Å². The molecule has 1 N–H and O–H groups in total. The maximum absolute atomic E-state index is 12.6. The summed E-state index contributed by atoms with van der Waals surface area (Å²) in [5.41, 5.74) is 3.81. The first kappa shape index (κ1) is 14.4. The van der Waals surface area contributed by atoms with Crippen molar-refractivity contribution >= 4 is 6.03 Å². The normalized spacial score (nSPS) is 20.4. The van der Waals surface area contributed by atoms with Crippen LogP contribution in [0.25, 0.3) is 0 Å². The molecular weight excluding hydrogens is 262 g/mol. The second kappa shape index (κ2) is 6.06. The molecule has 0 spiro atoms. The molecule has 21 heavy (non-hydrogen) atoms. The summed E-state index contributed by atoms with van der Waals surface area (Å²) in [5.74, 6) is 0. The van der Waals surface area contributed by atoms with Crippen LogP contribution in [-0.2, 0) is 6.54 Å². The highest BCUT2D eigenvalue weighted by Crippen LogP contribution is 2.21. The molecule has 2 amide bonds. The van der Waals surface area contributed by atoms with Gasteiger partial charge in [-0.05, 0) is 50.9 Å². The molecule has 1 aromatic carbocycles. The molecule has 114 valence electrons. The lowest BCUT2D eigenvalue weighted by atomic mass is 10.1. The van der Waals surface area contributed by atoms with Gasteiger partial charge in [0.2, 0.25) is 0 Å². The van der Waals surface area contributed by atoms with E-state index in [9.17, 15) is 4.79 Å². The summed E-state index contributed by atoms with van der Waals surface area (Å²) in [6.07, 6.45) is 2.17. The van der Waals surface area contributed by atoms with Crippen LogP contribution in [0.3, 0.4) is 0 Å². The zero-order chi connectivity index (χ0) is 14.8. The molecule has 4 heteroatoms. The standard InChI is InChI=1S/C17H25N3O/c1-13-3-4-14(2)15(11-13)12-19-9-10-20(17(19)21)16-5-7-18-8-6-16/h3-4,11,16,18H,5-10,12H2,1-2H3. The van der Waals surface area contributed by atoms with Gasteiger partial charge in [-0.25, -0.2) is 4.79 Å². The van der Waals surface area contributed by atoms with E-state index < -0.39 is 0 Å². The topological polar surface area (TPSA) is 35.6 Å². The highest BCUT2D eigenvalue weighted by molar-refractivity contribution is 5.77. The second-order valence-electron chi connectivity index (χ2n) is 6.31. The minimum absolute atomic E-state index is 0.225. The van der Waals surface area contributed by atoms with Crippen molar-refractivity contribution < 1.29 is 4.79 Å². The van der Waals surface area contributed by atoms with Gasteiger partial charge in [-0.3, -0.25) is 0 Å². The van der Waals surface area contributed by atoms with E-state index in [1.54, 1.807) is 0 Å². The molecule has 0 unspecified atom stereocenters. The van der Waals surface area contributed by atoms with Crippen LogP contribution in [-0.4, -0.2) is 48.1 Å². The second-order valence-corrected chi connectivity index (χ2v) is 6.31. The molecule has 0 aromatic heterocycles. The van der Waals surface area contributed by atoms with Crippen LogP contribution in [0.2, 0.25) is 0 Å². The summed E-state index contributed by atoms with van der Waals surface area (Å²) in [7, 11) is 0. The highest BCUT2D eigenvalue weighted by atomic mass is 16.2. The van der Waals surface area contributed by atoms with Gasteiger partial charge in [-0.15, -0.1) is 0 Å². The van der Waals surface area contributed by atoms with Gasteiger partial charge < -0.3 is 15.1 Å². The van der Waals surface area contributed by atoms with Crippen molar-refractivity contribution in [3.05, 3.63) is 34.9 Å². The highest BCUT2D eigenvalue weighted by Gasteiger charge is 2.34. The van der Waals surface area contributed by atoms with E-state index in [1.807, 2.05) is 4.90 Å². The lowest BCUT2D eigenvalue weighted by Crippen LogP contribution is -2.45. The summed E-state index contributed by atoms with van der Waals surface area (Å²) in [6.45, 7) is 8.78. The SMILES string of the molecule is Cc1ccc(C)c(CN2CCN(C3CCNCC3)C2=O)c1. The molecule has 0 saturated carbocycles. The van der Waals surface area contributed by atoms with Gasteiger partial charge >= 0.3 is 6.03 Å². The van der Waals surface area contributed by atoms with Gasteiger partial charge in [-0.2, -0.15) is 0 Å². The predicted octanol–water partition coefficient (Wildman–Crippen LogP) is 2.29. The van der Waals surface area contributed by atoms with E-state index in [4.69, 9.17) is 0 Å². The third kappa shape index (κ3) is 3.05. The lowest BCUT2D eigenvalue weighted by molar-refractivity contribution is 0.164. The molecular formula is C17H25N3O. The van der Waals surface area contributed by atoms with Gasteiger partial charge in [0.15, 0.2) is 0 Å². The molecule has 0 radical (unpaired) electrons. The summed E-state index contributed by atoms with van der Waals surface area (Å²) < 4.78 is 0. The van der Waals surface area contributed by atoms with E-state index >= 15 is 0 Å². The number of piperidine rings is 1. The van der Waals surface area contributed by atoms with Crippen molar-refractivity contribution in [2.45, 2.75) is 39.3 Å². The minimum atomic E-state index is 0.225. The molecule has 0 aliphatic carbocycles. The molecule has 4 nitrogen and oxygen atoms in total. The first-order valence-corrected chi connectivity index (χ1v) is 7.97. The summed E-state index contributed by atoms with van der Waals surface area (Å²) in [6, 6.07) is 7.14. The van der Waals surface area contributed by atoms with Crippen LogP contribution in [0.4, 0.5) is 4.79 Å². The molecule has 2 heterocycles. The van der Waals surface area contributed by atoms with E-state index in [0.29, 0.717) is 6.04 Å². The van der Waals surface area contributed by atoms with E-state index in [1.165, 1.54) is 16.7 Å². The van der Waals surface area contributed by atoms with E-state index in [0.717, 1.165) is 45.6 Å². The van der Waals surface area contributed by atoms with Crippen LogP contribution < -0.4 is 5.32 Å². The Kier molecular flexibility index (Phi) is 4.15. The lowest BCUT2D eigenvalue weighted by Gasteiger charge is -2.31. The number of hydrogen-bond acceptors (Lipinski definition) is 2. The van der Waals surface area contributed by atoms with Crippen LogP contribution in [0, 0.1) is 13.8 Å². The molecule has 0 atom stereocenters. The van der Waals surface area contributed by atoms with Crippen molar-refractivity contribution in [2.24, 2.45) is 0 Å². The average molecular weight is 287 g/mol. The molecule has 3 rings (SSSR count). The van der Waals surface area contributed by atoms with Crippen LogP contribution in [0.15, 0.2) is 18.2 Å². The number of aryl methyl sites for hydroxylation is 2. The average Bonchev–Trinajstić information content (AvgIpc) is 2.85. The zero-order valence-corrected chi connectivity index (χ0v) is 13.1. The number of carbonyl (C=O) groups is 1. The number of rotatable bonds is 3. The van der Waals surface area contributed by atoms with Gasteiger partial charge in [0.1, 0.15) is 0 Å². The van der Waals surface area contributed by atoms with Crippen molar-refractivity contribution in [3.8, 4) is 0 Å². The van der Waals surface area contributed by atoms with Crippen molar-refractivity contribution in [1.82, 2.24) is 15.1 Å². The summed E-state index contributed by atoms with van der Waals surface area (Å²) >= 11 is 0. The van der Waals surface area contributed by atoms with Gasteiger partial charge in [0, 0.05) is 25.7 Å². The first-order chi connectivity index (χ1) is 10.1. The van der Waals surface area contributed by atoms with Crippen molar-refractivity contribution in [2.75, 3.05) is 26.2 Å². The Hall–Kier alpha value is -1.55. The fourth-order valence-electron chi connectivity index (χ4n) is 3.38. The van der Waals surface area contributed by atoms with Crippen LogP contribution in [0.5, 0.6) is 0 Å². The maximum atomic E-state index is 12.6. The fourth-order valence-corrected chi connectivity index (χ4v) is 3.38. The smallest absolute Gasteiger partial charge is 0.320 e. The third-order valence-electron chi connectivity index (χ3n) is 4.74. The molecule has 0 bridgehead atoms. The fraction of sp³-hybridized carbons (Fsp3) is 0.588. The predicted molar refractivity (Wildman–Crippen MR) is 84.3 cm³/mol. The number of benzene rings is 1. The Balaban J connectivity index is 1.67. The number of nitrogens with one attached hydrogen (secondary N) is 1. The molecule has 2 aliphatic heterocycles. The van der Waals surface area contributed by atoms with Gasteiger partial charge in [0.05, 0.1) is 0 Å². The molecule has 2 aliphatic rings. The summed E-state index contributed by atoms with van der Waals surface area (Å²) in [5, 5.41) is 3.37. The van der Waals surface area contributed by atoms with E-state index in [2.05, 4.69) is 42.3 Å². The number of nitrogens with zero attached hydrogens (tertiary/aromatic N) is 2. The third-order valence-corrected chi connectivity index (χ3v) is 4.74. The molecule has 2 saturated heterocycles. The molecule has 2 fully saturated rings. The van der Waals surface area contributed by atoms with Crippen molar-refractivity contribution in [1.29, 1.82) is 0 Å². The maximum Gasteiger partial charge on any atom is 0.320 e. The Morgan fingerprint density at radius 3 is 2.71 bits per heavy atom. The van der Waals surface area contributed by atoms with Crippen LogP contribution in [0.1, 0.15) is 29.5 Å². The first-order valence-electron chi connectivity index (χ1n) is 7.97. The number of urea groups is 1. The Bertz CT molecular complexity index is 523. The number of carbonyl (C=O) groups excluding carboxylic acids is 1. The van der Waals surface area contributed by atoms with Gasteiger partial charge in [-0.1, -0.05) is 23.8 Å². The quantitative estimate of drug-likeness (QED) is 0.926. The minimum Gasteiger partial charge on any atom is -0.320 e. The Morgan fingerprint density at radius 2 is 1.95 bits per heavy atom. The largest absolute Gasteiger partial charge is 0.320 e. The molecule has 1 aromatic rings. The number of amides is 2. The van der Waals surface area contributed by atoms with E-state index in [-0.39, 0.29) is 6.03 Å². The zero-order valence-electron chi connectivity index (χ0n) is 13.1. The van der Waals surface area contributed by atoms with Crippen LogP contribution >= 0.6 is 0 Å². The monoisotopic (exact) mass is 287 g/mol. The summed E-state index contributed by atoms with van der Waals surface area (Å²) in [4.78, 5) is 16.7. The Labute approximate surface area is 127 Å². The Morgan fingerprint density at radius 1 is 1.19 bits per heavy atom. The van der Waals surface area contributed by atoms with Gasteiger partial charge in [0.25, 0.3) is 0 Å². The number of hydrogen-bond donors (Lipinski definition) is 1.